The minimum Gasteiger partial charge on any atom is -0.488 e. The number of hydrogen-bond donors (Lipinski definition) is 1. The zero-order valence-corrected chi connectivity index (χ0v) is 20.7. The van der Waals surface area contributed by atoms with Crippen LogP contribution in [0.4, 0.5) is 17.6 Å². The van der Waals surface area contributed by atoms with Gasteiger partial charge in [-0.15, -0.1) is 0 Å². The average molecular weight is 502 g/mol. The van der Waals surface area contributed by atoms with Crippen molar-refractivity contribution in [3.05, 3.63) is 77.3 Å². The number of aromatic nitrogens is 1. The van der Waals surface area contributed by atoms with Crippen molar-refractivity contribution in [2.75, 3.05) is 26.2 Å². The maximum absolute atomic E-state index is 15.7. The first-order valence-electron chi connectivity index (χ1n) is 12.3. The van der Waals surface area contributed by atoms with E-state index in [9.17, 15) is 8.78 Å². The minimum atomic E-state index is -1.56. The lowest BCUT2D eigenvalue weighted by Gasteiger charge is -2.43. The molecule has 2 atom stereocenters. The normalized spacial score (nSPS) is 21.8. The summed E-state index contributed by atoms with van der Waals surface area (Å²) in [6.07, 6.45) is 2.32. The quantitative estimate of drug-likeness (QED) is 0.399. The van der Waals surface area contributed by atoms with Crippen molar-refractivity contribution >= 4 is 10.9 Å². The molecular formula is C28H31F4N3O. The highest BCUT2D eigenvalue weighted by atomic mass is 19.1. The lowest BCUT2D eigenvalue weighted by atomic mass is 9.87. The van der Waals surface area contributed by atoms with Gasteiger partial charge >= 0.3 is 0 Å². The predicted molar refractivity (Wildman–Crippen MR) is 133 cm³/mol. The highest BCUT2D eigenvalue weighted by molar-refractivity contribution is 5.85. The third-order valence-corrected chi connectivity index (χ3v) is 7.08. The van der Waals surface area contributed by atoms with Gasteiger partial charge in [0.1, 0.15) is 29.2 Å². The summed E-state index contributed by atoms with van der Waals surface area (Å²) in [5.41, 5.74) is 0.917. The lowest BCUT2D eigenvalue weighted by Crippen LogP contribution is -2.53. The van der Waals surface area contributed by atoms with Crippen LogP contribution in [0.5, 0.6) is 5.75 Å². The van der Waals surface area contributed by atoms with Gasteiger partial charge in [0, 0.05) is 66.5 Å². The van der Waals surface area contributed by atoms with E-state index in [-0.39, 0.29) is 30.0 Å². The molecule has 4 nitrogen and oxygen atoms in total. The van der Waals surface area contributed by atoms with Crippen LogP contribution in [0.3, 0.4) is 0 Å². The smallest absolute Gasteiger partial charge is 0.135 e. The van der Waals surface area contributed by atoms with Gasteiger partial charge in [0.05, 0.1) is 12.4 Å². The Morgan fingerprint density at radius 2 is 1.83 bits per heavy atom. The van der Waals surface area contributed by atoms with Crippen molar-refractivity contribution in [3.63, 3.8) is 0 Å². The van der Waals surface area contributed by atoms with Gasteiger partial charge in [-0.2, -0.15) is 0 Å². The van der Waals surface area contributed by atoms with E-state index in [0.29, 0.717) is 38.1 Å². The number of benzene rings is 2. The standard InChI is InChI=1S/C28H31F4N3O/c1-17-11-21-20-7-4-5-8-24(20)33-26(21)27(35(17)16-28(2,3)32)25-22(30)12-18(13-23(25)31)36-19-14-34(15-19)10-6-9-29/h4-9,12-13,17,19,27,33H,10-11,14-16H2,1-3H3/b9-6+/t17-,27-/m1/s1. The first-order chi connectivity index (χ1) is 17.1. The molecule has 0 amide bonds. The van der Waals surface area contributed by atoms with Crippen molar-refractivity contribution in [2.45, 2.75) is 51.0 Å². The van der Waals surface area contributed by atoms with Crippen LogP contribution in [0.1, 0.15) is 43.6 Å². The molecule has 5 rings (SSSR count). The largest absolute Gasteiger partial charge is 0.488 e. The Morgan fingerprint density at radius 1 is 1.14 bits per heavy atom. The van der Waals surface area contributed by atoms with Crippen LogP contribution >= 0.6 is 0 Å². The van der Waals surface area contributed by atoms with Crippen LogP contribution in [0.2, 0.25) is 0 Å². The molecule has 2 aliphatic heterocycles. The van der Waals surface area contributed by atoms with Crippen LogP contribution in [0.25, 0.3) is 10.9 Å². The first kappa shape index (κ1) is 24.8. The summed E-state index contributed by atoms with van der Waals surface area (Å²) in [7, 11) is 0. The Kier molecular flexibility index (Phi) is 6.59. The Hall–Kier alpha value is -2.84. The van der Waals surface area contributed by atoms with Crippen LogP contribution < -0.4 is 4.74 Å². The molecule has 2 aliphatic rings. The van der Waals surface area contributed by atoms with Gasteiger partial charge in [0.2, 0.25) is 0 Å². The van der Waals surface area contributed by atoms with Crippen LogP contribution in [-0.4, -0.2) is 58.8 Å². The molecular weight excluding hydrogens is 470 g/mol. The van der Waals surface area contributed by atoms with Crippen molar-refractivity contribution in [3.8, 4) is 5.75 Å². The number of para-hydroxylation sites is 1. The molecule has 1 N–H and O–H groups in total. The van der Waals surface area contributed by atoms with E-state index in [2.05, 4.69) is 4.98 Å². The molecule has 3 aromatic rings. The van der Waals surface area contributed by atoms with Gasteiger partial charge in [-0.1, -0.05) is 18.2 Å². The summed E-state index contributed by atoms with van der Waals surface area (Å²) in [5, 5.41) is 1.02. The maximum Gasteiger partial charge on any atom is 0.135 e. The number of H-pyrrole nitrogens is 1. The van der Waals surface area contributed by atoms with Crippen molar-refractivity contribution in [1.29, 1.82) is 0 Å². The van der Waals surface area contributed by atoms with Crippen LogP contribution in [-0.2, 0) is 6.42 Å². The summed E-state index contributed by atoms with van der Waals surface area (Å²) >= 11 is 0. The first-order valence-corrected chi connectivity index (χ1v) is 12.3. The summed E-state index contributed by atoms with van der Waals surface area (Å²) in [6.45, 7) is 6.51. The lowest BCUT2D eigenvalue weighted by molar-refractivity contribution is 0.0275. The van der Waals surface area contributed by atoms with Crippen LogP contribution in [0.15, 0.2) is 48.8 Å². The number of nitrogens with one attached hydrogen (secondary N) is 1. The fraction of sp³-hybridized carbons (Fsp3) is 0.429. The third kappa shape index (κ3) is 4.76. The highest BCUT2D eigenvalue weighted by Crippen LogP contribution is 2.43. The molecule has 36 heavy (non-hydrogen) atoms. The Labute approximate surface area is 208 Å². The molecule has 0 radical (unpaired) electrons. The predicted octanol–water partition coefficient (Wildman–Crippen LogP) is 6.08. The number of halogens is 4. The molecule has 1 fully saturated rings. The van der Waals surface area contributed by atoms with Crippen LogP contribution in [0, 0.1) is 11.6 Å². The fourth-order valence-corrected chi connectivity index (χ4v) is 5.52. The van der Waals surface area contributed by atoms with Gasteiger partial charge in [-0.05, 0) is 44.9 Å². The molecule has 0 unspecified atom stereocenters. The fourth-order valence-electron chi connectivity index (χ4n) is 5.52. The van der Waals surface area contributed by atoms with E-state index >= 15 is 8.78 Å². The number of ether oxygens (including phenoxy) is 1. The summed E-state index contributed by atoms with van der Waals surface area (Å²) < 4.78 is 64.2. The second kappa shape index (κ2) is 9.56. The van der Waals surface area contributed by atoms with Gasteiger partial charge in [-0.3, -0.25) is 9.80 Å². The van der Waals surface area contributed by atoms with E-state index in [4.69, 9.17) is 4.74 Å². The monoisotopic (exact) mass is 501 g/mol. The molecule has 2 aromatic carbocycles. The number of fused-ring (bicyclic) bond motifs is 3. The molecule has 192 valence electrons. The van der Waals surface area contributed by atoms with E-state index in [1.165, 1.54) is 32.1 Å². The van der Waals surface area contributed by atoms with E-state index in [1.807, 2.05) is 41.0 Å². The molecule has 0 saturated carbocycles. The molecule has 1 saturated heterocycles. The molecule has 3 heterocycles. The van der Waals surface area contributed by atoms with Crippen molar-refractivity contribution < 1.29 is 22.3 Å². The van der Waals surface area contributed by atoms with Crippen molar-refractivity contribution in [1.82, 2.24) is 14.8 Å². The van der Waals surface area contributed by atoms with Crippen molar-refractivity contribution in [2.24, 2.45) is 0 Å². The number of likely N-dealkylation sites (tertiary alicyclic amines) is 1. The number of rotatable bonds is 7. The Bertz CT molecular complexity index is 1250. The van der Waals surface area contributed by atoms with Gasteiger partial charge < -0.3 is 9.72 Å². The SMILES string of the molecule is C[C@@H]1Cc2c([nH]c3ccccc23)[C@@H](c2c(F)cc(OC3CN(C/C=C/F)C3)cc2F)N1CC(C)(C)F. The Morgan fingerprint density at radius 3 is 2.50 bits per heavy atom. The van der Waals surface area contributed by atoms with Gasteiger partial charge in [0.15, 0.2) is 0 Å². The highest BCUT2D eigenvalue weighted by Gasteiger charge is 2.41. The van der Waals surface area contributed by atoms with Gasteiger partial charge in [0.25, 0.3) is 0 Å². The zero-order chi connectivity index (χ0) is 25.6. The topological polar surface area (TPSA) is 31.5 Å². The summed E-state index contributed by atoms with van der Waals surface area (Å²) in [5.74, 6) is -1.35. The summed E-state index contributed by atoms with van der Waals surface area (Å²) in [6, 6.07) is 9.26. The van der Waals surface area contributed by atoms with E-state index in [0.717, 1.165) is 16.5 Å². The Balaban J connectivity index is 1.51. The minimum absolute atomic E-state index is 0.0238. The average Bonchev–Trinajstić information content (AvgIpc) is 3.14. The summed E-state index contributed by atoms with van der Waals surface area (Å²) in [4.78, 5) is 7.18. The molecule has 0 aliphatic carbocycles. The number of alkyl halides is 1. The number of aromatic amines is 1. The van der Waals surface area contributed by atoms with Gasteiger partial charge in [-0.25, -0.2) is 17.6 Å². The molecule has 8 heteroatoms. The zero-order valence-electron chi connectivity index (χ0n) is 20.7. The second-order valence-corrected chi connectivity index (χ2v) is 10.5. The van der Waals surface area contributed by atoms with E-state index in [1.54, 1.807) is 0 Å². The number of hydrogen-bond acceptors (Lipinski definition) is 3. The molecule has 0 spiro atoms. The molecule has 0 bridgehead atoms. The number of nitrogens with zero attached hydrogens (tertiary/aromatic N) is 2. The maximum atomic E-state index is 15.7. The third-order valence-electron chi connectivity index (χ3n) is 7.08. The van der Waals surface area contributed by atoms with E-state index < -0.39 is 23.3 Å². The molecule has 1 aromatic heterocycles. The second-order valence-electron chi connectivity index (χ2n) is 10.5.